The Kier molecular flexibility index (Phi) is 11.4. The summed E-state index contributed by atoms with van der Waals surface area (Å²) in [6, 6.07) is 12.7. The predicted octanol–water partition coefficient (Wildman–Crippen LogP) is 8.79. The molecule has 4 aromatic rings. The molecule has 6 rings (SSSR count). The average Bonchev–Trinajstić information content (AvgIpc) is 3.72. The van der Waals surface area contributed by atoms with E-state index in [1.54, 1.807) is 56.4 Å². The van der Waals surface area contributed by atoms with Crippen LogP contribution in [0.25, 0.3) is 21.6 Å². The monoisotopic (exact) mass is 766 g/mol. The fourth-order valence-corrected chi connectivity index (χ4v) is 8.54. The van der Waals surface area contributed by atoms with E-state index in [0.717, 1.165) is 58.4 Å². The lowest BCUT2D eigenvalue weighted by atomic mass is 9.93. The van der Waals surface area contributed by atoms with Crippen molar-refractivity contribution in [3.05, 3.63) is 87.0 Å². The van der Waals surface area contributed by atoms with Crippen LogP contribution in [-0.2, 0) is 22.4 Å². The first kappa shape index (κ1) is 39.5. The van der Waals surface area contributed by atoms with E-state index in [0.29, 0.717) is 41.5 Å². The van der Waals surface area contributed by atoms with Crippen molar-refractivity contribution >= 4 is 40.9 Å². The molecule has 2 aromatic carbocycles. The summed E-state index contributed by atoms with van der Waals surface area (Å²) >= 11 is 1.57. The van der Waals surface area contributed by atoms with Crippen LogP contribution in [-0.4, -0.2) is 53.7 Å². The molecule has 1 aliphatic carbocycles. The van der Waals surface area contributed by atoms with Crippen molar-refractivity contribution < 1.29 is 33.4 Å². The molecule has 290 valence electrons. The molecule has 2 aromatic heterocycles. The number of fused-ring (bicyclic) bond motifs is 3. The molecular formula is C43H50N4O7S. The molecule has 2 aliphatic rings. The first-order valence-electron chi connectivity index (χ1n) is 18.8. The molecule has 11 nitrogen and oxygen atoms in total. The minimum absolute atomic E-state index is 0.0815. The van der Waals surface area contributed by atoms with E-state index in [1.165, 1.54) is 7.11 Å². The van der Waals surface area contributed by atoms with Crippen molar-refractivity contribution in [3.63, 3.8) is 0 Å². The predicted molar refractivity (Wildman–Crippen MR) is 214 cm³/mol. The number of rotatable bonds is 9. The van der Waals surface area contributed by atoms with Gasteiger partial charge in [-0.2, -0.15) is 0 Å². The Morgan fingerprint density at radius 1 is 1.00 bits per heavy atom. The number of carbonyl (C=O) groups excluding carboxylic acids is 4. The summed E-state index contributed by atoms with van der Waals surface area (Å²) < 4.78 is 16.8. The Balaban J connectivity index is 1.38. The zero-order chi connectivity index (χ0) is 39.7. The summed E-state index contributed by atoms with van der Waals surface area (Å²) in [6.45, 7) is 14.1. The number of benzene rings is 2. The number of thiophene rings is 1. The van der Waals surface area contributed by atoms with Crippen LogP contribution in [0.2, 0.25) is 0 Å². The maximum atomic E-state index is 14.6. The van der Waals surface area contributed by atoms with Gasteiger partial charge in [0, 0.05) is 51.3 Å². The van der Waals surface area contributed by atoms with E-state index in [1.807, 2.05) is 38.3 Å². The number of aromatic nitrogens is 1. The van der Waals surface area contributed by atoms with Gasteiger partial charge in [0.25, 0.3) is 11.8 Å². The molecule has 12 heteroatoms. The molecular weight excluding hydrogens is 717 g/mol. The zero-order valence-electron chi connectivity index (χ0n) is 32.9. The van der Waals surface area contributed by atoms with Crippen LogP contribution in [0.15, 0.2) is 47.8 Å². The quantitative estimate of drug-likeness (QED) is 0.143. The number of nitrogens with zero attached hydrogens (tertiary/aromatic N) is 1. The lowest BCUT2D eigenvalue weighted by Crippen LogP contribution is -2.44. The molecule has 2 unspecified atom stereocenters. The zero-order valence-corrected chi connectivity index (χ0v) is 33.7. The van der Waals surface area contributed by atoms with Crippen LogP contribution in [0, 0.1) is 19.8 Å². The first-order valence-corrected chi connectivity index (χ1v) is 19.6. The maximum absolute atomic E-state index is 14.6. The van der Waals surface area contributed by atoms with Gasteiger partial charge in [0.05, 0.1) is 13.7 Å². The molecule has 3 amide bonds. The Bertz CT molecular complexity index is 2130. The van der Waals surface area contributed by atoms with Crippen LogP contribution in [0.1, 0.15) is 114 Å². The third-order valence-electron chi connectivity index (χ3n) is 10.3. The van der Waals surface area contributed by atoms with Gasteiger partial charge in [-0.1, -0.05) is 25.5 Å². The van der Waals surface area contributed by atoms with Crippen LogP contribution in [0.4, 0.5) is 10.5 Å². The number of nitrogens with one attached hydrogen (secondary N) is 3. The first-order chi connectivity index (χ1) is 26.1. The van der Waals surface area contributed by atoms with E-state index in [4.69, 9.17) is 14.2 Å². The van der Waals surface area contributed by atoms with Crippen molar-refractivity contribution in [1.82, 2.24) is 15.6 Å². The highest BCUT2D eigenvalue weighted by atomic mass is 32.1. The number of alkyl carbamates (subject to hydrolysis) is 1. The standard InChI is InChI=1S/C43H50N4O7S/c1-9-26-12-15-43(7,22-26)47-39(49)33-11-10-29(36(45-33)40(50)52-8)30-21-34-32(37-28(13-16-53-34)14-17-55-37)20-31(30)38(48)46-35-24(2)18-27(19-25(35)3)23-44-41(51)54-42(4,5)6/h10-11,14,17-21,26H,9,12-13,15-16,22-23H2,1-8H3,(H,44,51)(H,46,48)(H,47,49). The van der Waals surface area contributed by atoms with E-state index >= 15 is 0 Å². The number of hydrogen-bond acceptors (Lipinski definition) is 9. The molecule has 0 saturated heterocycles. The Labute approximate surface area is 326 Å². The summed E-state index contributed by atoms with van der Waals surface area (Å²) in [4.78, 5) is 59.4. The number of hydrogen-bond donors (Lipinski definition) is 3. The Morgan fingerprint density at radius 3 is 2.42 bits per heavy atom. The third kappa shape index (κ3) is 8.85. The maximum Gasteiger partial charge on any atom is 0.407 e. The number of ether oxygens (including phenoxy) is 3. The molecule has 1 aliphatic heterocycles. The molecule has 0 bridgehead atoms. The largest absolute Gasteiger partial charge is 0.493 e. The van der Waals surface area contributed by atoms with Crippen molar-refractivity contribution in [1.29, 1.82) is 0 Å². The fraction of sp³-hybridized carbons (Fsp3) is 0.419. The summed E-state index contributed by atoms with van der Waals surface area (Å²) in [5.74, 6) is -0.418. The van der Waals surface area contributed by atoms with Gasteiger partial charge in [-0.25, -0.2) is 14.6 Å². The van der Waals surface area contributed by atoms with Crippen molar-refractivity contribution in [2.75, 3.05) is 19.0 Å². The second-order valence-electron chi connectivity index (χ2n) is 15.8. The topological polar surface area (TPSA) is 145 Å². The minimum Gasteiger partial charge on any atom is -0.493 e. The smallest absolute Gasteiger partial charge is 0.407 e. The Morgan fingerprint density at radius 2 is 1.75 bits per heavy atom. The van der Waals surface area contributed by atoms with Crippen molar-refractivity contribution in [2.24, 2.45) is 5.92 Å². The summed E-state index contributed by atoms with van der Waals surface area (Å²) in [5.41, 5.74) is 4.96. The highest BCUT2D eigenvalue weighted by molar-refractivity contribution is 7.13. The third-order valence-corrected chi connectivity index (χ3v) is 11.3. The van der Waals surface area contributed by atoms with Gasteiger partial charge in [-0.15, -0.1) is 11.3 Å². The SMILES string of the molecule is CCC1CCC(C)(NC(=O)c2ccc(-c3cc4c(cc3C(=O)Nc3c(C)cc(CNC(=O)OC(C)(C)C)cc3C)-c3sccc3CCO4)c(C(=O)OC)n2)C1. The van der Waals surface area contributed by atoms with Gasteiger partial charge in [0.1, 0.15) is 17.0 Å². The van der Waals surface area contributed by atoms with Gasteiger partial charge < -0.3 is 30.2 Å². The summed E-state index contributed by atoms with van der Waals surface area (Å²) in [5, 5.41) is 11.1. The second kappa shape index (κ2) is 15.9. The highest BCUT2D eigenvalue weighted by Crippen LogP contribution is 2.44. The molecule has 0 radical (unpaired) electrons. The van der Waals surface area contributed by atoms with Crippen molar-refractivity contribution in [2.45, 2.75) is 98.3 Å². The van der Waals surface area contributed by atoms with Crippen LogP contribution < -0.4 is 20.7 Å². The van der Waals surface area contributed by atoms with E-state index in [2.05, 4.69) is 33.9 Å². The van der Waals surface area contributed by atoms with Crippen LogP contribution >= 0.6 is 11.3 Å². The van der Waals surface area contributed by atoms with Gasteiger partial charge in [0.15, 0.2) is 5.69 Å². The lowest BCUT2D eigenvalue weighted by Gasteiger charge is -2.26. The number of carbonyl (C=O) groups is 4. The van der Waals surface area contributed by atoms with Gasteiger partial charge in [-0.05, 0) is 125 Å². The van der Waals surface area contributed by atoms with E-state index in [-0.39, 0.29) is 34.9 Å². The number of methoxy groups -OCH3 is 1. The Hall–Kier alpha value is -5.23. The molecule has 55 heavy (non-hydrogen) atoms. The molecule has 1 fully saturated rings. The van der Waals surface area contributed by atoms with E-state index < -0.39 is 23.6 Å². The van der Waals surface area contributed by atoms with Crippen LogP contribution in [0.5, 0.6) is 5.75 Å². The normalized spacial score (nSPS) is 17.6. The summed E-state index contributed by atoms with van der Waals surface area (Å²) in [7, 11) is 1.26. The molecule has 2 atom stereocenters. The van der Waals surface area contributed by atoms with Gasteiger partial charge >= 0.3 is 12.1 Å². The molecule has 3 N–H and O–H groups in total. The van der Waals surface area contributed by atoms with Crippen LogP contribution in [0.3, 0.4) is 0 Å². The fourth-order valence-electron chi connectivity index (χ4n) is 7.57. The van der Waals surface area contributed by atoms with Gasteiger partial charge in [0.2, 0.25) is 0 Å². The average molecular weight is 767 g/mol. The molecule has 1 saturated carbocycles. The minimum atomic E-state index is -0.743. The van der Waals surface area contributed by atoms with E-state index in [9.17, 15) is 19.2 Å². The highest BCUT2D eigenvalue weighted by Gasteiger charge is 2.36. The number of pyridine rings is 1. The number of esters is 1. The number of anilines is 1. The molecule has 0 spiro atoms. The number of aryl methyl sites for hydroxylation is 2. The lowest BCUT2D eigenvalue weighted by molar-refractivity contribution is 0.0521. The van der Waals surface area contributed by atoms with Crippen molar-refractivity contribution in [3.8, 4) is 27.3 Å². The molecule has 3 heterocycles. The summed E-state index contributed by atoms with van der Waals surface area (Å²) in [6.07, 6.45) is 4.02. The van der Waals surface area contributed by atoms with Gasteiger partial charge in [-0.3, -0.25) is 9.59 Å². The number of amides is 3. The second-order valence-corrected chi connectivity index (χ2v) is 16.7.